The Hall–Kier alpha value is -2.20. The normalized spacial score (nSPS) is 10.3. The van der Waals surface area contributed by atoms with Gasteiger partial charge in [-0.2, -0.15) is 0 Å². The first-order valence-corrected chi connectivity index (χ1v) is 6.43. The quantitative estimate of drug-likeness (QED) is 0.741. The Labute approximate surface area is 122 Å². The number of aromatic hydroxyl groups is 1. The number of nitrogens with two attached hydrogens (primary N) is 1. The molecule has 2 aromatic rings. The fraction of sp³-hybridized carbons (Fsp3) is 0.133. The lowest BCUT2D eigenvalue weighted by Gasteiger charge is -2.11. The van der Waals surface area contributed by atoms with Gasteiger partial charge in [-0.25, -0.2) is 0 Å². The van der Waals surface area contributed by atoms with E-state index in [1.54, 1.807) is 31.2 Å². The number of phenolic OH excluding ortho intramolecular Hbond substituents is 1. The third kappa shape index (κ3) is 2.86. The van der Waals surface area contributed by atoms with E-state index in [0.717, 1.165) is 5.56 Å². The number of hydrogen-bond acceptors (Lipinski definition) is 3. The van der Waals surface area contributed by atoms with Gasteiger partial charge < -0.3 is 16.2 Å². The summed E-state index contributed by atoms with van der Waals surface area (Å²) in [4.78, 5) is 12.2. The Morgan fingerprint density at radius 3 is 2.55 bits per heavy atom. The van der Waals surface area contributed by atoms with Gasteiger partial charge in [-0.3, -0.25) is 4.79 Å². The predicted octanol–water partition coefficient (Wildman–Crippen LogP) is 3.50. The number of aryl methyl sites for hydroxylation is 2. The van der Waals surface area contributed by atoms with Crippen molar-refractivity contribution in [2.24, 2.45) is 0 Å². The molecular formula is C15H15ClN2O2. The number of anilines is 2. The summed E-state index contributed by atoms with van der Waals surface area (Å²) in [6, 6.07) is 8.01. The van der Waals surface area contributed by atoms with E-state index in [9.17, 15) is 9.90 Å². The molecular weight excluding hydrogens is 276 g/mol. The smallest absolute Gasteiger partial charge is 0.255 e. The monoisotopic (exact) mass is 290 g/mol. The first-order valence-electron chi connectivity index (χ1n) is 6.05. The van der Waals surface area contributed by atoms with Gasteiger partial charge in [0.05, 0.1) is 10.7 Å². The molecule has 0 saturated heterocycles. The molecule has 0 unspecified atom stereocenters. The first-order chi connectivity index (χ1) is 9.38. The molecule has 0 fully saturated rings. The van der Waals surface area contributed by atoms with Crippen LogP contribution in [0.15, 0.2) is 30.3 Å². The van der Waals surface area contributed by atoms with Crippen molar-refractivity contribution in [1.82, 2.24) is 0 Å². The van der Waals surface area contributed by atoms with Gasteiger partial charge in [0.1, 0.15) is 5.75 Å². The van der Waals surface area contributed by atoms with Crippen LogP contribution in [0.25, 0.3) is 0 Å². The van der Waals surface area contributed by atoms with Crippen molar-refractivity contribution in [3.63, 3.8) is 0 Å². The van der Waals surface area contributed by atoms with E-state index >= 15 is 0 Å². The molecule has 0 atom stereocenters. The molecule has 4 N–H and O–H groups in total. The van der Waals surface area contributed by atoms with Crippen molar-refractivity contribution >= 4 is 28.9 Å². The van der Waals surface area contributed by atoms with Crippen LogP contribution in [0.4, 0.5) is 11.4 Å². The van der Waals surface area contributed by atoms with E-state index in [1.807, 2.05) is 6.92 Å². The van der Waals surface area contributed by atoms with Crippen molar-refractivity contribution in [1.29, 1.82) is 0 Å². The molecule has 0 radical (unpaired) electrons. The van der Waals surface area contributed by atoms with Gasteiger partial charge in [0, 0.05) is 11.3 Å². The average Bonchev–Trinajstić information content (AvgIpc) is 2.39. The van der Waals surface area contributed by atoms with Crippen molar-refractivity contribution in [3.05, 3.63) is 52.0 Å². The van der Waals surface area contributed by atoms with Crippen LogP contribution < -0.4 is 11.1 Å². The Morgan fingerprint density at radius 2 is 1.90 bits per heavy atom. The van der Waals surface area contributed by atoms with Crippen LogP contribution in [-0.2, 0) is 0 Å². The van der Waals surface area contributed by atoms with E-state index in [2.05, 4.69) is 5.32 Å². The van der Waals surface area contributed by atoms with Gasteiger partial charge in [0.2, 0.25) is 0 Å². The molecule has 0 saturated carbocycles. The average molecular weight is 291 g/mol. The van der Waals surface area contributed by atoms with Gasteiger partial charge >= 0.3 is 0 Å². The van der Waals surface area contributed by atoms with Crippen LogP contribution in [0.1, 0.15) is 21.5 Å². The lowest BCUT2D eigenvalue weighted by atomic mass is 10.1. The van der Waals surface area contributed by atoms with Crippen molar-refractivity contribution < 1.29 is 9.90 Å². The van der Waals surface area contributed by atoms with Gasteiger partial charge in [-0.1, -0.05) is 11.6 Å². The maximum atomic E-state index is 12.2. The Morgan fingerprint density at radius 1 is 1.20 bits per heavy atom. The molecule has 2 aromatic carbocycles. The SMILES string of the molecule is Cc1cc(C(=O)Nc2cc(Cl)c(N)cc2C)ccc1O. The molecule has 1 amide bonds. The highest BCUT2D eigenvalue weighted by atomic mass is 35.5. The molecule has 0 aliphatic carbocycles. The summed E-state index contributed by atoms with van der Waals surface area (Å²) < 4.78 is 0. The molecule has 20 heavy (non-hydrogen) atoms. The van der Waals surface area contributed by atoms with Crippen molar-refractivity contribution in [2.75, 3.05) is 11.1 Å². The van der Waals surface area contributed by atoms with Crippen LogP contribution in [0.2, 0.25) is 5.02 Å². The number of nitrogens with one attached hydrogen (secondary N) is 1. The fourth-order valence-electron chi connectivity index (χ4n) is 1.83. The fourth-order valence-corrected chi connectivity index (χ4v) is 1.99. The van der Waals surface area contributed by atoms with E-state index in [-0.39, 0.29) is 11.7 Å². The number of benzene rings is 2. The van der Waals surface area contributed by atoms with Gasteiger partial charge in [0.15, 0.2) is 0 Å². The minimum atomic E-state index is -0.267. The van der Waals surface area contributed by atoms with E-state index in [4.69, 9.17) is 17.3 Å². The molecule has 5 heteroatoms. The molecule has 2 rings (SSSR count). The minimum Gasteiger partial charge on any atom is -0.508 e. The predicted molar refractivity (Wildman–Crippen MR) is 81.4 cm³/mol. The molecule has 0 aliphatic rings. The largest absolute Gasteiger partial charge is 0.508 e. The van der Waals surface area contributed by atoms with E-state index in [1.165, 1.54) is 6.07 Å². The second-order valence-corrected chi connectivity index (χ2v) is 5.05. The molecule has 4 nitrogen and oxygen atoms in total. The maximum Gasteiger partial charge on any atom is 0.255 e. The number of halogens is 1. The van der Waals surface area contributed by atoms with Crippen LogP contribution in [-0.4, -0.2) is 11.0 Å². The maximum absolute atomic E-state index is 12.2. The Kier molecular flexibility index (Phi) is 3.86. The number of carbonyl (C=O) groups excluding carboxylic acids is 1. The van der Waals surface area contributed by atoms with Crippen LogP contribution in [0.3, 0.4) is 0 Å². The topological polar surface area (TPSA) is 75.4 Å². The van der Waals surface area contributed by atoms with E-state index in [0.29, 0.717) is 27.5 Å². The van der Waals surface area contributed by atoms with Crippen LogP contribution >= 0.6 is 11.6 Å². The summed E-state index contributed by atoms with van der Waals surface area (Å²) >= 11 is 5.95. The molecule has 0 aliphatic heterocycles. The summed E-state index contributed by atoms with van der Waals surface area (Å²) in [6.45, 7) is 3.57. The minimum absolute atomic E-state index is 0.160. The van der Waals surface area contributed by atoms with Crippen molar-refractivity contribution in [2.45, 2.75) is 13.8 Å². The second-order valence-electron chi connectivity index (χ2n) is 4.64. The highest BCUT2D eigenvalue weighted by molar-refractivity contribution is 6.33. The number of nitrogen functional groups attached to an aromatic ring is 1. The van der Waals surface area contributed by atoms with Crippen molar-refractivity contribution in [3.8, 4) is 5.75 Å². The molecule has 0 heterocycles. The third-order valence-electron chi connectivity index (χ3n) is 3.05. The molecule has 0 bridgehead atoms. The summed E-state index contributed by atoms with van der Waals surface area (Å²) in [5, 5.41) is 12.6. The summed E-state index contributed by atoms with van der Waals surface area (Å²) in [5.41, 5.74) is 8.72. The van der Waals surface area contributed by atoms with Crippen LogP contribution in [0.5, 0.6) is 5.75 Å². The summed E-state index contributed by atoms with van der Waals surface area (Å²) in [7, 11) is 0. The zero-order chi connectivity index (χ0) is 14.9. The van der Waals surface area contributed by atoms with Gasteiger partial charge in [-0.05, 0) is 55.3 Å². The number of carbonyl (C=O) groups is 1. The Bertz CT molecular complexity index is 684. The molecule has 0 spiro atoms. The highest BCUT2D eigenvalue weighted by Gasteiger charge is 2.10. The molecule has 104 valence electrons. The number of hydrogen-bond donors (Lipinski definition) is 3. The zero-order valence-electron chi connectivity index (χ0n) is 11.2. The second kappa shape index (κ2) is 5.43. The summed E-state index contributed by atoms with van der Waals surface area (Å²) in [6.07, 6.45) is 0. The molecule has 0 aromatic heterocycles. The lowest BCUT2D eigenvalue weighted by molar-refractivity contribution is 0.102. The summed E-state index contributed by atoms with van der Waals surface area (Å²) in [5.74, 6) is -0.106. The lowest BCUT2D eigenvalue weighted by Crippen LogP contribution is -2.13. The van der Waals surface area contributed by atoms with Crippen LogP contribution in [0, 0.1) is 13.8 Å². The number of rotatable bonds is 2. The Balaban J connectivity index is 2.27. The third-order valence-corrected chi connectivity index (χ3v) is 3.38. The number of amides is 1. The standard InChI is InChI=1S/C15H15ClN2O2/c1-8-6-12(17)11(16)7-13(8)18-15(20)10-3-4-14(19)9(2)5-10/h3-7,19H,17H2,1-2H3,(H,18,20). The highest BCUT2D eigenvalue weighted by Crippen LogP contribution is 2.27. The number of phenols is 1. The zero-order valence-corrected chi connectivity index (χ0v) is 12.0. The van der Waals surface area contributed by atoms with E-state index < -0.39 is 0 Å². The van der Waals surface area contributed by atoms with Gasteiger partial charge in [-0.15, -0.1) is 0 Å². The van der Waals surface area contributed by atoms with Gasteiger partial charge in [0.25, 0.3) is 5.91 Å². The first kappa shape index (κ1) is 14.2.